The van der Waals surface area contributed by atoms with Crippen LogP contribution in [0.3, 0.4) is 0 Å². The van der Waals surface area contributed by atoms with Crippen molar-refractivity contribution in [2.45, 2.75) is 26.4 Å². The smallest absolute Gasteiger partial charge is 0.128 e. The van der Waals surface area contributed by atoms with Gasteiger partial charge < -0.3 is 9.84 Å². The van der Waals surface area contributed by atoms with Gasteiger partial charge in [0.25, 0.3) is 0 Å². The molecule has 1 atom stereocenters. The highest BCUT2D eigenvalue weighted by atomic mass is 16.5. The molecule has 0 bridgehead atoms. The van der Waals surface area contributed by atoms with Crippen molar-refractivity contribution >= 4 is 0 Å². The summed E-state index contributed by atoms with van der Waals surface area (Å²) in [4.78, 5) is 0. The summed E-state index contributed by atoms with van der Waals surface area (Å²) in [5, 5.41) is 9.79. The molecule has 0 fully saturated rings. The third-order valence-corrected chi connectivity index (χ3v) is 2.58. The molecule has 1 aliphatic rings. The second kappa shape index (κ2) is 3.04. The molecule has 0 amide bonds. The lowest BCUT2D eigenvalue weighted by molar-refractivity contribution is 0.114. The van der Waals surface area contributed by atoms with Crippen molar-refractivity contribution in [2.24, 2.45) is 0 Å². The highest BCUT2D eigenvalue weighted by Crippen LogP contribution is 2.36. The van der Waals surface area contributed by atoms with E-state index < -0.39 is 0 Å². The first-order chi connectivity index (χ1) is 6.20. The number of aliphatic hydroxyl groups is 1. The van der Waals surface area contributed by atoms with E-state index >= 15 is 0 Å². The molecule has 1 aliphatic heterocycles. The van der Waals surface area contributed by atoms with Crippen molar-refractivity contribution < 1.29 is 9.84 Å². The molecule has 70 valence electrons. The minimum Gasteiger partial charge on any atom is -0.493 e. The van der Waals surface area contributed by atoms with Crippen molar-refractivity contribution in [3.8, 4) is 5.75 Å². The average Bonchev–Trinajstić information content (AvgIpc) is 2.12. The van der Waals surface area contributed by atoms with Gasteiger partial charge in [0.1, 0.15) is 5.75 Å². The standard InChI is InChI=1S/C11H14O2/c1-7-3-4-8(2)11-10(7)9(12)5-6-13-11/h3-4,9,12H,5-6H2,1-2H3/t9-/m0/s1. The fourth-order valence-corrected chi connectivity index (χ4v) is 1.83. The van der Waals surface area contributed by atoms with E-state index in [2.05, 4.69) is 0 Å². The SMILES string of the molecule is Cc1ccc(C)c2c1OCC[C@@H]2O. The number of ether oxygens (including phenoxy) is 1. The van der Waals surface area contributed by atoms with Gasteiger partial charge in [-0.3, -0.25) is 0 Å². The van der Waals surface area contributed by atoms with Crippen molar-refractivity contribution in [1.82, 2.24) is 0 Å². The Balaban J connectivity index is 2.60. The van der Waals surface area contributed by atoms with Gasteiger partial charge in [0.2, 0.25) is 0 Å². The zero-order valence-electron chi connectivity index (χ0n) is 8.00. The maximum atomic E-state index is 9.79. The van der Waals surface area contributed by atoms with Crippen LogP contribution in [0.2, 0.25) is 0 Å². The van der Waals surface area contributed by atoms with Crippen LogP contribution < -0.4 is 4.74 Å². The Morgan fingerprint density at radius 3 is 2.69 bits per heavy atom. The zero-order chi connectivity index (χ0) is 9.42. The number of aryl methyl sites for hydroxylation is 2. The molecule has 0 saturated carbocycles. The molecule has 0 unspecified atom stereocenters. The summed E-state index contributed by atoms with van der Waals surface area (Å²) in [7, 11) is 0. The van der Waals surface area contributed by atoms with E-state index in [0.29, 0.717) is 13.0 Å². The number of benzene rings is 1. The maximum absolute atomic E-state index is 9.79. The minimum atomic E-state index is -0.344. The zero-order valence-corrected chi connectivity index (χ0v) is 8.00. The van der Waals surface area contributed by atoms with E-state index in [4.69, 9.17) is 4.74 Å². The highest BCUT2D eigenvalue weighted by Gasteiger charge is 2.22. The fraction of sp³-hybridized carbons (Fsp3) is 0.455. The van der Waals surface area contributed by atoms with Gasteiger partial charge in [0, 0.05) is 12.0 Å². The first kappa shape index (κ1) is 8.57. The van der Waals surface area contributed by atoms with E-state index in [9.17, 15) is 5.11 Å². The molecule has 0 spiro atoms. The van der Waals surface area contributed by atoms with E-state index in [-0.39, 0.29) is 6.10 Å². The second-order valence-corrected chi connectivity index (χ2v) is 3.60. The third kappa shape index (κ3) is 1.31. The Labute approximate surface area is 78.2 Å². The molecule has 0 aliphatic carbocycles. The molecule has 0 aromatic heterocycles. The van der Waals surface area contributed by atoms with Crippen LogP contribution in [-0.4, -0.2) is 11.7 Å². The quantitative estimate of drug-likeness (QED) is 0.659. The van der Waals surface area contributed by atoms with E-state index in [1.807, 2.05) is 26.0 Å². The number of rotatable bonds is 0. The summed E-state index contributed by atoms with van der Waals surface area (Å²) in [5.74, 6) is 0.888. The first-order valence-electron chi connectivity index (χ1n) is 4.61. The van der Waals surface area contributed by atoms with Gasteiger partial charge >= 0.3 is 0 Å². The molecule has 0 radical (unpaired) electrons. The van der Waals surface area contributed by atoms with Crippen molar-refractivity contribution in [1.29, 1.82) is 0 Å². The summed E-state index contributed by atoms with van der Waals surface area (Å²) in [6.45, 7) is 4.64. The van der Waals surface area contributed by atoms with Crippen LogP contribution in [0.5, 0.6) is 5.75 Å². The van der Waals surface area contributed by atoms with Crippen LogP contribution in [0.1, 0.15) is 29.2 Å². The predicted octanol–water partition coefficient (Wildman–Crippen LogP) is 2.12. The van der Waals surface area contributed by atoms with E-state index in [1.165, 1.54) is 0 Å². The molecule has 13 heavy (non-hydrogen) atoms. The summed E-state index contributed by atoms with van der Waals surface area (Å²) >= 11 is 0. The number of hydrogen-bond donors (Lipinski definition) is 1. The molecule has 1 N–H and O–H groups in total. The van der Waals surface area contributed by atoms with Gasteiger partial charge in [-0.1, -0.05) is 12.1 Å². The minimum absolute atomic E-state index is 0.344. The van der Waals surface area contributed by atoms with Crippen molar-refractivity contribution in [2.75, 3.05) is 6.61 Å². The molecule has 2 heteroatoms. The van der Waals surface area contributed by atoms with Gasteiger partial charge in [-0.2, -0.15) is 0 Å². The van der Waals surface area contributed by atoms with Crippen molar-refractivity contribution in [3.63, 3.8) is 0 Å². The molecule has 2 rings (SSSR count). The number of fused-ring (bicyclic) bond motifs is 1. The van der Waals surface area contributed by atoms with Crippen molar-refractivity contribution in [3.05, 3.63) is 28.8 Å². The summed E-state index contributed by atoms with van der Waals surface area (Å²) in [6, 6.07) is 4.07. The summed E-state index contributed by atoms with van der Waals surface area (Å²) in [6.07, 6.45) is 0.362. The monoisotopic (exact) mass is 178 g/mol. The van der Waals surface area contributed by atoms with Gasteiger partial charge in [0.05, 0.1) is 12.7 Å². The van der Waals surface area contributed by atoms with E-state index in [0.717, 1.165) is 22.4 Å². The molecular formula is C11H14O2. The molecular weight excluding hydrogens is 164 g/mol. The fourth-order valence-electron chi connectivity index (χ4n) is 1.83. The van der Waals surface area contributed by atoms with Gasteiger partial charge in [0.15, 0.2) is 0 Å². The van der Waals surface area contributed by atoms with Crippen LogP contribution in [-0.2, 0) is 0 Å². The van der Waals surface area contributed by atoms with Crippen LogP contribution in [0, 0.1) is 13.8 Å². The maximum Gasteiger partial charge on any atom is 0.128 e. The lowest BCUT2D eigenvalue weighted by atomic mass is 9.96. The Morgan fingerprint density at radius 1 is 1.31 bits per heavy atom. The lowest BCUT2D eigenvalue weighted by Crippen LogP contribution is -2.15. The van der Waals surface area contributed by atoms with Crippen LogP contribution >= 0.6 is 0 Å². The van der Waals surface area contributed by atoms with Crippen LogP contribution in [0.15, 0.2) is 12.1 Å². The molecule has 0 saturated heterocycles. The van der Waals surface area contributed by atoms with E-state index in [1.54, 1.807) is 0 Å². The number of aliphatic hydroxyl groups excluding tert-OH is 1. The normalized spacial score (nSPS) is 20.7. The van der Waals surface area contributed by atoms with Crippen LogP contribution in [0.25, 0.3) is 0 Å². The predicted molar refractivity (Wildman–Crippen MR) is 51.0 cm³/mol. The summed E-state index contributed by atoms with van der Waals surface area (Å²) < 4.78 is 5.55. The Morgan fingerprint density at radius 2 is 2.00 bits per heavy atom. The van der Waals surface area contributed by atoms with Crippen LogP contribution in [0.4, 0.5) is 0 Å². The van der Waals surface area contributed by atoms with Gasteiger partial charge in [-0.25, -0.2) is 0 Å². The molecule has 1 aromatic carbocycles. The topological polar surface area (TPSA) is 29.5 Å². The number of hydrogen-bond acceptors (Lipinski definition) is 2. The lowest BCUT2D eigenvalue weighted by Gasteiger charge is -2.25. The van der Waals surface area contributed by atoms with Gasteiger partial charge in [-0.05, 0) is 25.0 Å². The van der Waals surface area contributed by atoms with Gasteiger partial charge in [-0.15, -0.1) is 0 Å². The highest BCUT2D eigenvalue weighted by molar-refractivity contribution is 5.47. The molecule has 1 aromatic rings. The Hall–Kier alpha value is -1.02. The summed E-state index contributed by atoms with van der Waals surface area (Å²) in [5.41, 5.74) is 3.21. The largest absolute Gasteiger partial charge is 0.493 e. The average molecular weight is 178 g/mol. The second-order valence-electron chi connectivity index (χ2n) is 3.60. The Kier molecular flexibility index (Phi) is 2.00. The first-order valence-corrected chi connectivity index (χ1v) is 4.61. The Bertz CT molecular complexity index is 331. The third-order valence-electron chi connectivity index (χ3n) is 2.58. The molecule has 2 nitrogen and oxygen atoms in total. The molecule has 1 heterocycles.